The number of piperidine rings is 1. The van der Waals surface area contributed by atoms with Crippen molar-refractivity contribution in [2.24, 2.45) is 11.8 Å². The molecule has 1 saturated heterocycles. The summed E-state index contributed by atoms with van der Waals surface area (Å²) >= 11 is 0. The van der Waals surface area contributed by atoms with Crippen molar-refractivity contribution in [2.75, 3.05) is 18.0 Å². The minimum absolute atomic E-state index is 0.0815. The van der Waals surface area contributed by atoms with E-state index in [0.717, 1.165) is 0 Å². The third-order valence-electron chi connectivity index (χ3n) is 3.70. The lowest BCUT2D eigenvalue weighted by atomic mass is 9.90. The molecular formula is C13H14F3N3O4. The Morgan fingerprint density at radius 1 is 1.48 bits per heavy atom. The molecule has 1 N–H and O–H groups in total. The summed E-state index contributed by atoms with van der Waals surface area (Å²) in [4.78, 5) is 25.8. The SMILES string of the molecule is CC1CC(C(=O)O)CN(c2cc(C(F)(F)F)ncc2[N+](=O)[O-])C1. The van der Waals surface area contributed by atoms with Crippen LogP contribution in [0.1, 0.15) is 19.0 Å². The van der Waals surface area contributed by atoms with Gasteiger partial charge in [-0.05, 0) is 18.4 Å². The number of carbonyl (C=O) groups is 1. The van der Waals surface area contributed by atoms with Crippen molar-refractivity contribution in [3.8, 4) is 0 Å². The molecule has 2 unspecified atom stereocenters. The number of alkyl halides is 3. The first-order chi connectivity index (χ1) is 10.6. The average molecular weight is 333 g/mol. The molecule has 0 saturated carbocycles. The lowest BCUT2D eigenvalue weighted by molar-refractivity contribution is -0.384. The molecule has 0 amide bonds. The van der Waals surface area contributed by atoms with Gasteiger partial charge < -0.3 is 10.0 Å². The normalized spacial score (nSPS) is 22.0. The van der Waals surface area contributed by atoms with Crippen molar-refractivity contribution in [1.29, 1.82) is 0 Å². The molecule has 7 nitrogen and oxygen atoms in total. The molecule has 1 aliphatic rings. The number of aromatic nitrogens is 1. The number of rotatable bonds is 3. The second-order valence-electron chi connectivity index (χ2n) is 5.59. The van der Waals surface area contributed by atoms with E-state index >= 15 is 0 Å². The number of halogens is 3. The summed E-state index contributed by atoms with van der Waals surface area (Å²) in [7, 11) is 0. The lowest BCUT2D eigenvalue weighted by Gasteiger charge is -2.36. The van der Waals surface area contributed by atoms with Crippen LogP contribution in [0, 0.1) is 22.0 Å². The first kappa shape index (κ1) is 17.0. The Kier molecular flexibility index (Phi) is 4.44. The number of nitrogens with zero attached hydrogens (tertiary/aromatic N) is 3. The van der Waals surface area contributed by atoms with Crippen LogP contribution < -0.4 is 4.90 Å². The van der Waals surface area contributed by atoms with E-state index in [2.05, 4.69) is 4.98 Å². The molecule has 23 heavy (non-hydrogen) atoms. The van der Waals surface area contributed by atoms with Gasteiger partial charge in [-0.2, -0.15) is 13.2 Å². The minimum atomic E-state index is -4.74. The fourth-order valence-corrected chi connectivity index (χ4v) is 2.71. The fraction of sp³-hybridized carbons (Fsp3) is 0.538. The van der Waals surface area contributed by atoms with Crippen molar-refractivity contribution in [2.45, 2.75) is 19.5 Å². The fourth-order valence-electron chi connectivity index (χ4n) is 2.71. The zero-order valence-electron chi connectivity index (χ0n) is 12.1. The Morgan fingerprint density at radius 3 is 2.65 bits per heavy atom. The number of pyridine rings is 1. The van der Waals surface area contributed by atoms with E-state index in [4.69, 9.17) is 5.11 Å². The molecule has 1 aliphatic heterocycles. The highest BCUT2D eigenvalue weighted by Crippen LogP contribution is 2.37. The Balaban J connectivity index is 2.46. The van der Waals surface area contributed by atoms with Gasteiger partial charge in [0.15, 0.2) is 0 Å². The first-order valence-corrected chi connectivity index (χ1v) is 6.79. The van der Waals surface area contributed by atoms with Gasteiger partial charge in [0.2, 0.25) is 0 Å². The molecule has 2 rings (SSSR count). The zero-order valence-corrected chi connectivity index (χ0v) is 12.1. The van der Waals surface area contributed by atoms with Crippen LogP contribution in [0.15, 0.2) is 12.3 Å². The van der Waals surface area contributed by atoms with Gasteiger partial charge in [0.1, 0.15) is 17.6 Å². The molecule has 10 heteroatoms. The van der Waals surface area contributed by atoms with Crippen LogP contribution in [0.4, 0.5) is 24.5 Å². The first-order valence-electron chi connectivity index (χ1n) is 6.79. The molecule has 0 radical (unpaired) electrons. The van der Waals surface area contributed by atoms with E-state index in [1.54, 1.807) is 6.92 Å². The maximum absolute atomic E-state index is 12.8. The number of carboxylic acid groups (broad SMARTS) is 1. The van der Waals surface area contributed by atoms with Crippen LogP contribution in [0.5, 0.6) is 0 Å². The van der Waals surface area contributed by atoms with Gasteiger partial charge in [-0.3, -0.25) is 14.9 Å². The number of nitro groups is 1. The van der Waals surface area contributed by atoms with Gasteiger partial charge in [-0.25, -0.2) is 4.98 Å². The third kappa shape index (κ3) is 3.69. The van der Waals surface area contributed by atoms with Crippen LogP contribution in [0.2, 0.25) is 0 Å². The van der Waals surface area contributed by atoms with Crippen LogP contribution in [-0.4, -0.2) is 34.1 Å². The summed E-state index contributed by atoms with van der Waals surface area (Å²) in [5, 5.41) is 20.2. The predicted octanol–water partition coefficient (Wildman–Crippen LogP) is 2.56. The summed E-state index contributed by atoms with van der Waals surface area (Å²) in [5.74, 6) is -1.98. The third-order valence-corrected chi connectivity index (χ3v) is 3.70. The molecule has 0 bridgehead atoms. The molecule has 0 aromatic carbocycles. The molecule has 2 atom stereocenters. The highest BCUT2D eigenvalue weighted by Gasteiger charge is 2.37. The second-order valence-corrected chi connectivity index (χ2v) is 5.59. The molecule has 0 spiro atoms. The van der Waals surface area contributed by atoms with Crippen molar-refractivity contribution < 1.29 is 28.0 Å². The smallest absolute Gasteiger partial charge is 0.433 e. The Hall–Kier alpha value is -2.39. The van der Waals surface area contributed by atoms with E-state index in [-0.39, 0.29) is 24.7 Å². The largest absolute Gasteiger partial charge is 0.481 e. The Bertz CT molecular complexity index is 635. The molecule has 1 aromatic heterocycles. The maximum atomic E-state index is 12.8. The molecule has 0 aliphatic carbocycles. The summed E-state index contributed by atoms with van der Waals surface area (Å²) in [6.45, 7) is 1.91. The highest BCUT2D eigenvalue weighted by molar-refractivity contribution is 5.72. The number of anilines is 1. The second kappa shape index (κ2) is 6.01. The molecule has 1 fully saturated rings. The van der Waals surface area contributed by atoms with Crippen LogP contribution in [0.25, 0.3) is 0 Å². The van der Waals surface area contributed by atoms with E-state index < -0.39 is 34.4 Å². The van der Waals surface area contributed by atoms with Gasteiger partial charge in [-0.1, -0.05) is 6.92 Å². The highest BCUT2D eigenvalue weighted by atomic mass is 19.4. The van der Waals surface area contributed by atoms with Gasteiger partial charge in [0.25, 0.3) is 0 Å². The molecule has 2 heterocycles. The monoisotopic (exact) mass is 333 g/mol. The number of carboxylic acids is 1. The van der Waals surface area contributed by atoms with E-state index in [1.807, 2.05) is 0 Å². The van der Waals surface area contributed by atoms with Gasteiger partial charge in [0, 0.05) is 13.1 Å². The quantitative estimate of drug-likeness (QED) is 0.674. The van der Waals surface area contributed by atoms with Gasteiger partial charge in [-0.15, -0.1) is 0 Å². The topological polar surface area (TPSA) is 96.6 Å². The molecular weight excluding hydrogens is 319 g/mol. The van der Waals surface area contributed by atoms with E-state index in [0.29, 0.717) is 18.7 Å². The Morgan fingerprint density at radius 2 is 2.13 bits per heavy atom. The van der Waals surface area contributed by atoms with Crippen molar-refractivity contribution in [3.63, 3.8) is 0 Å². The average Bonchev–Trinajstić information content (AvgIpc) is 2.44. The summed E-state index contributed by atoms with van der Waals surface area (Å²) in [6.07, 6.45) is -3.80. The summed E-state index contributed by atoms with van der Waals surface area (Å²) in [6, 6.07) is 0.606. The standard InChI is InChI=1S/C13H14F3N3O4/c1-7-2-8(12(20)21)6-18(5-7)9-3-11(13(14,15)16)17-4-10(9)19(22)23/h3-4,7-8H,2,5-6H2,1H3,(H,20,21). The van der Waals surface area contributed by atoms with Crippen molar-refractivity contribution in [3.05, 3.63) is 28.1 Å². The summed E-state index contributed by atoms with van der Waals surface area (Å²) < 4.78 is 38.4. The molecule has 1 aromatic rings. The van der Waals surface area contributed by atoms with Crippen LogP contribution in [-0.2, 0) is 11.0 Å². The van der Waals surface area contributed by atoms with Gasteiger partial charge >= 0.3 is 17.8 Å². The predicted molar refractivity (Wildman–Crippen MR) is 73.0 cm³/mol. The minimum Gasteiger partial charge on any atom is -0.481 e. The maximum Gasteiger partial charge on any atom is 0.433 e. The van der Waals surface area contributed by atoms with Crippen LogP contribution in [0.3, 0.4) is 0 Å². The zero-order chi connectivity index (χ0) is 17.4. The van der Waals surface area contributed by atoms with Crippen molar-refractivity contribution >= 4 is 17.3 Å². The number of aliphatic carboxylic acids is 1. The van der Waals surface area contributed by atoms with E-state index in [9.17, 15) is 28.1 Å². The van der Waals surface area contributed by atoms with Crippen LogP contribution >= 0.6 is 0 Å². The lowest BCUT2D eigenvalue weighted by Crippen LogP contribution is -2.42. The molecule has 126 valence electrons. The Labute approximate surface area is 128 Å². The van der Waals surface area contributed by atoms with Gasteiger partial charge in [0.05, 0.1) is 10.8 Å². The van der Waals surface area contributed by atoms with Crippen molar-refractivity contribution in [1.82, 2.24) is 4.98 Å². The summed E-state index contributed by atoms with van der Waals surface area (Å²) in [5.41, 5.74) is -2.07. The number of hydrogen-bond donors (Lipinski definition) is 1. The number of hydrogen-bond acceptors (Lipinski definition) is 5. The van der Waals surface area contributed by atoms with E-state index in [1.165, 1.54) is 4.90 Å².